The van der Waals surface area contributed by atoms with Gasteiger partial charge in [0.15, 0.2) is 5.96 Å². The lowest BCUT2D eigenvalue weighted by molar-refractivity contribution is 0.146. The first-order chi connectivity index (χ1) is 7.84. The van der Waals surface area contributed by atoms with Crippen LogP contribution in [0.15, 0.2) is 4.99 Å². The van der Waals surface area contributed by atoms with Crippen molar-refractivity contribution in [2.24, 2.45) is 10.4 Å². The number of rotatable bonds is 2. The van der Waals surface area contributed by atoms with E-state index in [4.69, 9.17) is 4.99 Å². The van der Waals surface area contributed by atoms with Gasteiger partial charge in [0, 0.05) is 34.7 Å². The molecule has 1 heterocycles. The minimum absolute atomic E-state index is 0.379. The number of piperidine rings is 1. The number of aliphatic imine (C=N–C) groups is 1. The monoisotopic (exact) mass is 240 g/mol. The van der Waals surface area contributed by atoms with Crippen LogP contribution >= 0.6 is 0 Å². The highest BCUT2D eigenvalue weighted by molar-refractivity contribution is 5.79. The molecule has 0 unspecified atom stereocenters. The molecular weight excluding hydrogens is 212 g/mol. The van der Waals surface area contributed by atoms with Gasteiger partial charge in [0.2, 0.25) is 0 Å². The molecule has 1 aliphatic rings. The fourth-order valence-corrected chi connectivity index (χ4v) is 2.26. The predicted octanol–water partition coefficient (Wildman–Crippen LogP) is 1.20. The van der Waals surface area contributed by atoms with Gasteiger partial charge in [-0.2, -0.15) is 0 Å². The van der Waals surface area contributed by atoms with Crippen LogP contribution in [0.1, 0.15) is 19.8 Å². The zero-order valence-corrected chi connectivity index (χ0v) is 12.3. The molecule has 4 heteroatoms. The summed E-state index contributed by atoms with van der Waals surface area (Å²) in [5.41, 5.74) is 0.379. The fraction of sp³-hybridized carbons (Fsp3) is 0.923. The molecule has 0 spiro atoms. The Bertz CT molecular complexity index is 253. The number of guanidine groups is 1. The van der Waals surface area contributed by atoms with Crippen LogP contribution in [0.3, 0.4) is 0 Å². The molecule has 100 valence electrons. The molecule has 1 aliphatic heterocycles. The molecule has 1 saturated heterocycles. The van der Waals surface area contributed by atoms with E-state index in [0.717, 1.165) is 12.5 Å². The van der Waals surface area contributed by atoms with E-state index in [2.05, 4.69) is 56.9 Å². The summed E-state index contributed by atoms with van der Waals surface area (Å²) in [5.74, 6) is 1.06. The van der Waals surface area contributed by atoms with Gasteiger partial charge in [0.25, 0.3) is 0 Å². The molecule has 1 rings (SSSR count). The van der Waals surface area contributed by atoms with Gasteiger partial charge in [-0.3, -0.25) is 4.99 Å². The predicted molar refractivity (Wildman–Crippen MR) is 74.5 cm³/mol. The Morgan fingerprint density at radius 1 is 1.12 bits per heavy atom. The largest absolute Gasteiger partial charge is 0.349 e. The smallest absolute Gasteiger partial charge is 0.195 e. The molecule has 0 atom stereocenters. The zero-order valence-electron chi connectivity index (χ0n) is 12.3. The summed E-state index contributed by atoms with van der Waals surface area (Å²) >= 11 is 0. The number of nitrogens with zero attached hydrogens (tertiary/aromatic N) is 4. The Hall–Kier alpha value is -0.770. The lowest BCUT2D eigenvalue weighted by atomic mass is 9.80. The van der Waals surface area contributed by atoms with Crippen molar-refractivity contribution in [1.82, 2.24) is 14.7 Å². The summed E-state index contributed by atoms with van der Waals surface area (Å²) < 4.78 is 0. The maximum atomic E-state index is 4.79. The van der Waals surface area contributed by atoms with Crippen molar-refractivity contribution >= 4 is 5.96 Å². The van der Waals surface area contributed by atoms with Crippen LogP contribution in [-0.2, 0) is 0 Å². The van der Waals surface area contributed by atoms with E-state index in [9.17, 15) is 0 Å². The number of hydrogen-bond donors (Lipinski definition) is 0. The highest BCUT2D eigenvalue weighted by Crippen LogP contribution is 2.30. The summed E-state index contributed by atoms with van der Waals surface area (Å²) in [5, 5.41) is 0. The van der Waals surface area contributed by atoms with E-state index >= 15 is 0 Å². The van der Waals surface area contributed by atoms with E-state index in [1.807, 2.05) is 0 Å². The Labute approximate surface area is 106 Å². The van der Waals surface area contributed by atoms with E-state index < -0.39 is 0 Å². The third kappa shape index (κ3) is 4.19. The molecule has 1 fully saturated rings. The topological polar surface area (TPSA) is 22.1 Å². The summed E-state index contributed by atoms with van der Waals surface area (Å²) in [6.45, 7) is 5.70. The molecule has 0 aromatic carbocycles. The maximum Gasteiger partial charge on any atom is 0.195 e. The van der Waals surface area contributed by atoms with Gasteiger partial charge in [0.1, 0.15) is 0 Å². The van der Waals surface area contributed by atoms with Gasteiger partial charge in [-0.25, -0.2) is 0 Å². The van der Waals surface area contributed by atoms with E-state index in [-0.39, 0.29) is 0 Å². The molecule has 4 nitrogen and oxygen atoms in total. The van der Waals surface area contributed by atoms with E-state index in [1.54, 1.807) is 0 Å². The second kappa shape index (κ2) is 5.71. The first-order valence-electron chi connectivity index (χ1n) is 6.42. The molecule has 0 aliphatic carbocycles. The summed E-state index contributed by atoms with van der Waals surface area (Å²) in [4.78, 5) is 11.4. The Morgan fingerprint density at radius 3 is 2.00 bits per heavy atom. The molecule has 0 aromatic heterocycles. The number of hydrogen-bond acceptors (Lipinski definition) is 2. The van der Waals surface area contributed by atoms with Crippen molar-refractivity contribution in [3.05, 3.63) is 0 Å². The van der Waals surface area contributed by atoms with Crippen LogP contribution in [0.25, 0.3) is 0 Å². The SMILES string of the molecule is CN1CCC(C)(CN=C(N(C)C)N(C)C)CC1. The quantitative estimate of drug-likeness (QED) is 0.535. The molecular formula is C13H28N4. The van der Waals surface area contributed by atoms with Gasteiger partial charge in [-0.05, 0) is 38.4 Å². The first-order valence-corrected chi connectivity index (χ1v) is 6.42. The van der Waals surface area contributed by atoms with Crippen molar-refractivity contribution in [2.45, 2.75) is 19.8 Å². The minimum Gasteiger partial charge on any atom is -0.349 e. The Morgan fingerprint density at radius 2 is 1.59 bits per heavy atom. The fourth-order valence-electron chi connectivity index (χ4n) is 2.26. The second-order valence-corrected chi connectivity index (χ2v) is 6.02. The van der Waals surface area contributed by atoms with E-state index in [1.165, 1.54) is 25.9 Å². The maximum absolute atomic E-state index is 4.79. The normalized spacial score (nSPS) is 19.9. The molecule has 0 bridgehead atoms. The summed E-state index contributed by atoms with van der Waals surface area (Å²) in [7, 11) is 10.4. The zero-order chi connectivity index (χ0) is 13.1. The molecule has 0 saturated carbocycles. The lowest BCUT2D eigenvalue weighted by Crippen LogP contribution is -2.40. The molecule has 0 aromatic rings. The number of likely N-dealkylation sites (tertiary alicyclic amines) is 1. The highest BCUT2D eigenvalue weighted by atomic mass is 15.3. The van der Waals surface area contributed by atoms with Crippen LogP contribution in [0.2, 0.25) is 0 Å². The van der Waals surface area contributed by atoms with Crippen molar-refractivity contribution in [1.29, 1.82) is 0 Å². The average Bonchev–Trinajstić information content (AvgIpc) is 2.22. The summed E-state index contributed by atoms with van der Waals surface area (Å²) in [6, 6.07) is 0. The van der Waals surface area contributed by atoms with Gasteiger partial charge in [0.05, 0.1) is 0 Å². The standard InChI is InChI=1S/C13H28N4/c1-13(7-9-17(6)10-8-13)11-14-12(15(2)3)16(4)5/h7-11H2,1-6H3. The van der Waals surface area contributed by atoms with Crippen molar-refractivity contribution in [3.63, 3.8) is 0 Å². The van der Waals surface area contributed by atoms with Gasteiger partial charge in [-0.15, -0.1) is 0 Å². The third-order valence-corrected chi connectivity index (χ3v) is 3.60. The van der Waals surface area contributed by atoms with Crippen molar-refractivity contribution in [3.8, 4) is 0 Å². The van der Waals surface area contributed by atoms with Gasteiger partial charge in [-0.1, -0.05) is 6.92 Å². The van der Waals surface area contributed by atoms with Crippen LogP contribution in [0.4, 0.5) is 0 Å². The highest BCUT2D eigenvalue weighted by Gasteiger charge is 2.28. The molecule has 0 radical (unpaired) electrons. The second-order valence-electron chi connectivity index (χ2n) is 6.02. The third-order valence-electron chi connectivity index (χ3n) is 3.60. The van der Waals surface area contributed by atoms with Crippen molar-refractivity contribution < 1.29 is 0 Å². The minimum atomic E-state index is 0.379. The first kappa shape index (κ1) is 14.3. The summed E-state index contributed by atoms with van der Waals surface area (Å²) in [6.07, 6.45) is 2.50. The molecule has 17 heavy (non-hydrogen) atoms. The van der Waals surface area contributed by atoms with Crippen LogP contribution in [0, 0.1) is 5.41 Å². The van der Waals surface area contributed by atoms with Crippen LogP contribution < -0.4 is 0 Å². The Kier molecular flexibility index (Phi) is 4.80. The van der Waals surface area contributed by atoms with Crippen LogP contribution in [-0.4, -0.2) is 75.5 Å². The van der Waals surface area contributed by atoms with E-state index in [0.29, 0.717) is 5.41 Å². The molecule has 0 amide bonds. The Balaban J connectivity index is 2.61. The van der Waals surface area contributed by atoms with Gasteiger partial charge >= 0.3 is 0 Å². The molecule has 0 N–H and O–H groups in total. The van der Waals surface area contributed by atoms with Gasteiger partial charge < -0.3 is 14.7 Å². The van der Waals surface area contributed by atoms with Crippen molar-refractivity contribution in [2.75, 3.05) is 54.9 Å². The van der Waals surface area contributed by atoms with Crippen LogP contribution in [0.5, 0.6) is 0 Å². The lowest BCUT2D eigenvalue weighted by Gasteiger charge is -2.37. The average molecular weight is 240 g/mol.